The first-order valence-corrected chi connectivity index (χ1v) is 6.93. The topological polar surface area (TPSA) is 49.8 Å². The first-order valence-electron chi connectivity index (χ1n) is 6.93. The SMILES string of the molecule is O=C(OCc1ccccc1)N1C[C@@H]2C[C@@H](F)[C@@H](O)[C@@H]2C1. The normalized spacial score (nSPS) is 32.2. The first-order chi connectivity index (χ1) is 9.65. The summed E-state index contributed by atoms with van der Waals surface area (Å²) < 4.78 is 18.6. The molecule has 20 heavy (non-hydrogen) atoms. The van der Waals surface area contributed by atoms with E-state index in [-0.39, 0.29) is 24.5 Å². The maximum Gasteiger partial charge on any atom is 0.410 e. The number of carbonyl (C=O) groups excluding carboxylic acids is 1. The van der Waals surface area contributed by atoms with Gasteiger partial charge in [-0.2, -0.15) is 0 Å². The summed E-state index contributed by atoms with van der Waals surface area (Å²) in [6.45, 7) is 1.11. The predicted molar refractivity (Wildman–Crippen MR) is 70.7 cm³/mol. The predicted octanol–water partition coefficient (Wildman–Crippen LogP) is 1.97. The number of halogens is 1. The van der Waals surface area contributed by atoms with Gasteiger partial charge in [0.05, 0.1) is 6.10 Å². The number of rotatable bonds is 2. The van der Waals surface area contributed by atoms with Gasteiger partial charge in [0.15, 0.2) is 0 Å². The van der Waals surface area contributed by atoms with E-state index >= 15 is 0 Å². The summed E-state index contributed by atoms with van der Waals surface area (Å²) in [5.74, 6) is -0.0847. The van der Waals surface area contributed by atoms with Crippen LogP contribution in [0.4, 0.5) is 9.18 Å². The molecule has 0 radical (unpaired) electrons. The van der Waals surface area contributed by atoms with Crippen molar-refractivity contribution in [1.29, 1.82) is 0 Å². The highest BCUT2D eigenvalue weighted by Gasteiger charge is 2.49. The Hall–Kier alpha value is -1.62. The number of aliphatic hydroxyl groups is 1. The molecule has 0 bridgehead atoms. The lowest BCUT2D eigenvalue weighted by Crippen LogP contribution is -2.33. The van der Waals surface area contributed by atoms with E-state index in [0.717, 1.165) is 5.56 Å². The Labute approximate surface area is 117 Å². The summed E-state index contributed by atoms with van der Waals surface area (Å²) in [4.78, 5) is 13.5. The Morgan fingerprint density at radius 3 is 2.80 bits per heavy atom. The molecule has 1 aliphatic carbocycles. The Morgan fingerprint density at radius 2 is 2.10 bits per heavy atom. The van der Waals surface area contributed by atoms with Crippen LogP contribution in [0.1, 0.15) is 12.0 Å². The van der Waals surface area contributed by atoms with Crippen LogP contribution in [0, 0.1) is 11.8 Å². The van der Waals surface area contributed by atoms with Gasteiger partial charge in [-0.1, -0.05) is 30.3 Å². The largest absolute Gasteiger partial charge is 0.445 e. The minimum Gasteiger partial charge on any atom is -0.445 e. The number of hydrogen-bond acceptors (Lipinski definition) is 3. The number of amides is 1. The summed E-state index contributed by atoms with van der Waals surface area (Å²) in [6.07, 6.45) is -2.13. The summed E-state index contributed by atoms with van der Waals surface area (Å²) >= 11 is 0. The summed E-state index contributed by atoms with van der Waals surface area (Å²) in [5.41, 5.74) is 0.934. The van der Waals surface area contributed by atoms with Gasteiger partial charge in [-0.15, -0.1) is 0 Å². The van der Waals surface area contributed by atoms with Gasteiger partial charge in [-0.05, 0) is 17.9 Å². The molecule has 4 atom stereocenters. The molecule has 1 amide bonds. The fourth-order valence-electron chi connectivity index (χ4n) is 3.19. The molecule has 2 fully saturated rings. The fraction of sp³-hybridized carbons (Fsp3) is 0.533. The number of ether oxygens (including phenoxy) is 1. The summed E-state index contributed by atoms with van der Waals surface area (Å²) in [6, 6.07) is 9.47. The highest BCUT2D eigenvalue weighted by Crippen LogP contribution is 2.39. The molecule has 1 saturated heterocycles. The summed E-state index contributed by atoms with van der Waals surface area (Å²) in [5, 5.41) is 9.72. The van der Waals surface area contributed by atoms with Crippen molar-refractivity contribution in [3.05, 3.63) is 35.9 Å². The van der Waals surface area contributed by atoms with Crippen LogP contribution in [0.2, 0.25) is 0 Å². The third-order valence-corrected chi connectivity index (χ3v) is 4.29. The lowest BCUT2D eigenvalue weighted by atomic mass is 10.00. The van der Waals surface area contributed by atoms with Gasteiger partial charge in [0.1, 0.15) is 12.8 Å². The third kappa shape index (κ3) is 2.50. The monoisotopic (exact) mass is 279 g/mol. The Balaban J connectivity index is 1.53. The van der Waals surface area contributed by atoms with Gasteiger partial charge in [-0.25, -0.2) is 9.18 Å². The molecule has 1 N–H and O–H groups in total. The van der Waals surface area contributed by atoms with Crippen molar-refractivity contribution >= 4 is 6.09 Å². The van der Waals surface area contributed by atoms with E-state index in [1.807, 2.05) is 30.3 Å². The first kappa shape index (κ1) is 13.4. The number of hydrogen-bond donors (Lipinski definition) is 1. The molecule has 2 aliphatic rings. The minimum atomic E-state index is -1.15. The molecule has 4 nitrogen and oxygen atoms in total. The number of fused-ring (bicyclic) bond motifs is 1. The van der Waals surface area contributed by atoms with Crippen LogP contribution in [0.3, 0.4) is 0 Å². The van der Waals surface area contributed by atoms with Crippen LogP contribution >= 0.6 is 0 Å². The maximum absolute atomic E-state index is 13.4. The fourth-order valence-corrected chi connectivity index (χ4v) is 3.19. The molecule has 1 heterocycles. The lowest BCUT2D eigenvalue weighted by Gasteiger charge is -2.19. The van der Waals surface area contributed by atoms with E-state index in [1.165, 1.54) is 0 Å². The van der Waals surface area contributed by atoms with Crippen molar-refractivity contribution in [2.45, 2.75) is 25.3 Å². The molecule has 108 valence electrons. The minimum absolute atomic E-state index is 0.0595. The van der Waals surface area contributed by atoms with Crippen molar-refractivity contribution in [2.75, 3.05) is 13.1 Å². The van der Waals surface area contributed by atoms with Crippen LogP contribution < -0.4 is 0 Å². The van der Waals surface area contributed by atoms with E-state index in [0.29, 0.717) is 19.5 Å². The maximum atomic E-state index is 13.4. The number of alkyl halides is 1. The second-order valence-electron chi connectivity index (χ2n) is 5.61. The standard InChI is InChI=1S/C15H18FNO3/c16-13-6-11-7-17(8-12(11)14(13)18)15(19)20-9-10-4-2-1-3-5-10/h1-5,11-14,18H,6-9H2/t11-,12+,13+,14-/m0/s1. The zero-order valence-electron chi connectivity index (χ0n) is 11.1. The smallest absolute Gasteiger partial charge is 0.410 e. The zero-order chi connectivity index (χ0) is 14.1. The average Bonchev–Trinajstić information content (AvgIpc) is 2.98. The van der Waals surface area contributed by atoms with Gasteiger partial charge in [0.25, 0.3) is 0 Å². The van der Waals surface area contributed by atoms with E-state index in [2.05, 4.69) is 0 Å². The number of benzene rings is 1. The van der Waals surface area contributed by atoms with Crippen molar-refractivity contribution < 1.29 is 19.0 Å². The Kier molecular flexibility index (Phi) is 3.61. The van der Waals surface area contributed by atoms with Crippen LogP contribution in [-0.2, 0) is 11.3 Å². The molecule has 1 saturated carbocycles. The van der Waals surface area contributed by atoms with Crippen LogP contribution in [0.25, 0.3) is 0 Å². The molecule has 1 aromatic rings. The lowest BCUT2D eigenvalue weighted by molar-refractivity contribution is 0.0588. The van der Waals surface area contributed by atoms with Crippen molar-refractivity contribution in [1.82, 2.24) is 4.90 Å². The molecule has 0 aromatic heterocycles. The highest BCUT2D eigenvalue weighted by molar-refractivity contribution is 5.68. The van der Waals surface area contributed by atoms with Gasteiger partial charge in [-0.3, -0.25) is 0 Å². The number of aliphatic hydroxyl groups excluding tert-OH is 1. The third-order valence-electron chi connectivity index (χ3n) is 4.29. The molecule has 1 aliphatic heterocycles. The summed E-state index contributed by atoms with van der Waals surface area (Å²) in [7, 11) is 0. The van der Waals surface area contributed by atoms with Gasteiger partial charge < -0.3 is 14.7 Å². The molecule has 0 unspecified atom stereocenters. The number of likely N-dealkylation sites (tertiary alicyclic amines) is 1. The van der Waals surface area contributed by atoms with Crippen LogP contribution in [0.5, 0.6) is 0 Å². The Bertz CT molecular complexity index is 481. The van der Waals surface area contributed by atoms with Gasteiger partial charge in [0, 0.05) is 19.0 Å². The average molecular weight is 279 g/mol. The Morgan fingerprint density at radius 1 is 1.35 bits per heavy atom. The molecular formula is C15H18FNO3. The quantitative estimate of drug-likeness (QED) is 0.900. The van der Waals surface area contributed by atoms with E-state index < -0.39 is 12.3 Å². The van der Waals surface area contributed by atoms with E-state index in [1.54, 1.807) is 4.90 Å². The number of carbonyl (C=O) groups is 1. The van der Waals surface area contributed by atoms with Crippen LogP contribution in [-0.4, -0.2) is 41.5 Å². The van der Waals surface area contributed by atoms with Crippen molar-refractivity contribution in [3.63, 3.8) is 0 Å². The molecule has 3 rings (SSSR count). The molecule has 1 aromatic carbocycles. The van der Waals surface area contributed by atoms with E-state index in [4.69, 9.17) is 4.74 Å². The van der Waals surface area contributed by atoms with Gasteiger partial charge in [0.2, 0.25) is 0 Å². The van der Waals surface area contributed by atoms with Crippen LogP contribution in [0.15, 0.2) is 30.3 Å². The second-order valence-corrected chi connectivity index (χ2v) is 5.61. The number of nitrogens with zero attached hydrogens (tertiary/aromatic N) is 1. The van der Waals surface area contributed by atoms with Gasteiger partial charge >= 0.3 is 6.09 Å². The molecule has 5 heteroatoms. The van der Waals surface area contributed by atoms with Crippen molar-refractivity contribution in [3.8, 4) is 0 Å². The zero-order valence-corrected chi connectivity index (χ0v) is 11.1. The highest BCUT2D eigenvalue weighted by atomic mass is 19.1. The van der Waals surface area contributed by atoms with E-state index in [9.17, 15) is 14.3 Å². The second kappa shape index (κ2) is 5.40. The molecule has 0 spiro atoms. The van der Waals surface area contributed by atoms with Crippen molar-refractivity contribution in [2.24, 2.45) is 11.8 Å². The molecular weight excluding hydrogens is 261 g/mol.